The number of nitrogens with one attached hydrogen (secondary N) is 4. The number of anilines is 3. The largest absolute Gasteiger partial charge is 0.479 e. The van der Waals surface area contributed by atoms with Gasteiger partial charge in [0.1, 0.15) is 5.54 Å². The number of alkyl halides is 4. The number of carboxylic acids is 1. The molecule has 2 aromatic rings. The minimum absolute atomic E-state index is 0.000452. The molecule has 12 nitrogen and oxygen atoms in total. The number of aromatic nitrogens is 3. The van der Waals surface area contributed by atoms with Crippen molar-refractivity contribution in [2.45, 2.75) is 74.5 Å². The number of benzene rings is 1. The third-order valence-corrected chi connectivity index (χ3v) is 9.80. The fourth-order valence-corrected chi connectivity index (χ4v) is 6.27. The monoisotopic (exact) mass is 703 g/mol. The summed E-state index contributed by atoms with van der Waals surface area (Å²) in [4.78, 5) is 49.3. The van der Waals surface area contributed by atoms with E-state index < -0.39 is 35.8 Å². The Morgan fingerprint density at radius 2 is 1.80 bits per heavy atom. The summed E-state index contributed by atoms with van der Waals surface area (Å²) >= 11 is 6.31. The number of hydrogen-bond acceptors (Lipinski definition) is 9. The maximum absolute atomic E-state index is 12.9. The van der Waals surface area contributed by atoms with E-state index in [2.05, 4.69) is 42.3 Å². The van der Waals surface area contributed by atoms with Gasteiger partial charge in [-0.1, -0.05) is 25.2 Å². The first-order chi connectivity index (χ1) is 23.2. The van der Waals surface area contributed by atoms with E-state index in [-0.39, 0.29) is 53.9 Å². The number of hydrogen-bond donors (Lipinski definition) is 5. The number of allylic oxidation sites excluding steroid dienone is 2. The molecule has 3 fully saturated rings. The van der Waals surface area contributed by atoms with E-state index in [4.69, 9.17) is 16.3 Å². The van der Waals surface area contributed by atoms with E-state index in [1.165, 1.54) is 0 Å². The normalized spacial score (nSPS) is 25.1. The van der Waals surface area contributed by atoms with Gasteiger partial charge in [-0.3, -0.25) is 9.59 Å². The Morgan fingerprint density at radius 1 is 1.08 bits per heavy atom. The van der Waals surface area contributed by atoms with Crippen LogP contribution in [-0.4, -0.2) is 73.6 Å². The topological polar surface area (TPSA) is 167 Å². The lowest BCUT2D eigenvalue weighted by molar-refractivity contribution is -0.154. The summed E-state index contributed by atoms with van der Waals surface area (Å²) in [6, 6.07) is 5.73. The molecule has 0 saturated heterocycles. The zero-order chi connectivity index (χ0) is 35.0. The van der Waals surface area contributed by atoms with Crippen LogP contribution in [0.1, 0.15) is 62.2 Å². The van der Waals surface area contributed by atoms with Crippen molar-refractivity contribution in [3.63, 3.8) is 0 Å². The molecule has 0 bridgehead atoms. The Hall–Kier alpha value is -4.40. The fourth-order valence-electron chi connectivity index (χ4n) is 6.12. The molecule has 2 amide bonds. The van der Waals surface area contributed by atoms with Crippen molar-refractivity contribution in [2.75, 3.05) is 23.8 Å². The third kappa shape index (κ3) is 8.43. The minimum Gasteiger partial charge on any atom is -0.479 e. The standard InChI is InChI=1S/C33H37ClF3N7O5/c1-18-15-21(8-11-24(18)34)31(12-13-31)44-29-40-28(41-30(42-29)49-17-33(35,36)37)39-22-9-6-20(7-10-22)26(46)38-14-2-3-25(45)43-32(27(47)48)16-23(32)19-4-5-19/h6-11,15,18-19,23-24H,2-5,12-14,16-17H2,1H3,(H,38,46)(H,43,45)(H,47,48)(H2,39,40,41,42,44)/t18?,23-,24?,32+/m0/s1. The zero-order valence-corrected chi connectivity index (χ0v) is 27.4. The van der Waals surface area contributed by atoms with Gasteiger partial charge in [0.05, 0.1) is 10.9 Å². The highest BCUT2D eigenvalue weighted by atomic mass is 35.5. The van der Waals surface area contributed by atoms with Gasteiger partial charge in [0, 0.05) is 24.2 Å². The summed E-state index contributed by atoms with van der Waals surface area (Å²) in [7, 11) is 0. The van der Waals surface area contributed by atoms with Crippen LogP contribution >= 0.6 is 11.6 Å². The van der Waals surface area contributed by atoms with Crippen LogP contribution in [0.25, 0.3) is 0 Å². The van der Waals surface area contributed by atoms with Gasteiger partial charge in [0.2, 0.25) is 17.8 Å². The quantitative estimate of drug-likeness (QED) is 0.124. The number of ether oxygens (including phenoxy) is 1. The van der Waals surface area contributed by atoms with Gasteiger partial charge in [-0.15, -0.1) is 11.6 Å². The van der Waals surface area contributed by atoms with Gasteiger partial charge in [0.15, 0.2) is 6.61 Å². The van der Waals surface area contributed by atoms with Gasteiger partial charge < -0.3 is 31.1 Å². The smallest absolute Gasteiger partial charge is 0.422 e. The van der Waals surface area contributed by atoms with E-state index >= 15 is 0 Å². The van der Waals surface area contributed by atoms with Crippen LogP contribution in [0.2, 0.25) is 0 Å². The number of carbonyl (C=O) groups excluding carboxylic acids is 2. The Kier molecular flexibility index (Phi) is 9.48. The summed E-state index contributed by atoms with van der Waals surface area (Å²) in [5.41, 5.74) is 0.136. The van der Waals surface area contributed by atoms with Crippen LogP contribution < -0.4 is 26.0 Å². The van der Waals surface area contributed by atoms with E-state index in [0.29, 0.717) is 30.0 Å². The average Bonchev–Trinajstić information content (AvgIpc) is 3.91. The SMILES string of the molecule is CC1C=C(C2(Nc3nc(Nc4ccc(C(=O)NCCCC(=O)N[C@]5(C(=O)O)C[C@H]5C5CC5)cc4)nc(OCC(F)(F)F)n3)CC2)C=CC1Cl. The predicted octanol–water partition coefficient (Wildman–Crippen LogP) is 5.12. The first-order valence-corrected chi connectivity index (χ1v) is 16.7. The van der Waals surface area contributed by atoms with Crippen molar-refractivity contribution in [2.24, 2.45) is 17.8 Å². The lowest BCUT2D eigenvalue weighted by atomic mass is 9.92. The fraction of sp³-hybridized carbons (Fsp3) is 0.515. The third-order valence-electron chi connectivity index (χ3n) is 9.26. The summed E-state index contributed by atoms with van der Waals surface area (Å²) in [5, 5.41) is 21.1. The number of aliphatic carboxylic acids is 1. The molecule has 2 unspecified atom stereocenters. The molecule has 0 aliphatic heterocycles. The van der Waals surface area contributed by atoms with Crippen LogP contribution in [0.4, 0.5) is 30.8 Å². The molecule has 0 radical (unpaired) electrons. The van der Waals surface area contributed by atoms with Crippen LogP contribution in [0.3, 0.4) is 0 Å². The van der Waals surface area contributed by atoms with Crippen molar-refractivity contribution in [3.8, 4) is 6.01 Å². The molecule has 1 heterocycles. The van der Waals surface area contributed by atoms with E-state index in [1.54, 1.807) is 24.3 Å². The first-order valence-electron chi connectivity index (χ1n) is 16.2. The molecule has 49 heavy (non-hydrogen) atoms. The molecule has 4 aliphatic carbocycles. The molecule has 6 rings (SSSR count). The molecule has 0 spiro atoms. The number of halogens is 4. The van der Waals surface area contributed by atoms with Crippen LogP contribution in [0, 0.1) is 17.8 Å². The Balaban J connectivity index is 1.04. The highest BCUT2D eigenvalue weighted by Gasteiger charge is 2.66. The molecule has 1 aromatic carbocycles. The van der Waals surface area contributed by atoms with Crippen LogP contribution in [0.15, 0.2) is 48.1 Å². The van der Waals surface area contributed by atoms with E-state index in [9.17, 15) is 32.7 Å². The zero-order valence-electron chi connectivity index (χ0n) is 26.6. The number of nitrogens with zero attached hydrogens (tertiary/aromatic N) is 3. The van der Waals surface area contributed by atoms with Crippen molar-refractivity contribution >= 4 is 47.0 Å². The van der Waals surface area contributed by atoms with Gasteiger partial charge in [0.25, 0.3) is 5.91 Å². The van der Waals surface area contributed by atoms with Crippen molar-refractivity contribution in [1.82, 2.24) is 25.6 Å². The second-order valence-electron chi connectivity index (χ2n) is 13.2. The van der Waals surface area contributed by atoms with Gasteiger partial charge in [-0.05, 0) is 86.1 Å². The second kappa shape index (κ2) is 13.5. The summed E-state index contributed by atoms with van der Waals surface area (Å²) in [5.74, 6) is -1.29. The molecule has 1 aromatic heterocycles. The number of amides is 2. The van der Waals surface area contributed by atoms with Gasteiger partial charge in [-0.25, -0.2) is 4.79 Å². The van der Waals surface area contributed by atoms with E-state index in [0.717, 1.165) is 31.3 Å². The van der Waals surface area contributed by atoms with Gasteiger partial charge in [-0.2, -0.15) is 28.1 Å². The van der Waals surface area contributed by atoms with E-state index in [1.807, 2.05) is 19.1 Å². The molecule has 4 atom stereocenters. The number of carbonyl (C=O) groups is 3. The van der Waals surface area contributed by atoms with Gasteiger partial charge >= 0.3 is 18.2 Å². The highest BCUT2D eigenvalue weighted by Crippen LogP contribution is 2.57. The Bertz CT molecular complexity index is 1660. The summed E-state index contributed by atoms with van der Waals surface area (Å²) < 4.78 is 43.6. The van der Waals surface area contributed by atoms with Crippen LogP contribution in [-0.2, 0) is 9.59 Å². The molecule has 262 valence electrons. The molecule has 5 N–H and O–H groups in total. The average molecular weight is 704 g/mol. The lowest BCUT2D eigenvalue weighted by Crippen LogP contribution is -2.45. The molecular formula is C33H37ClF3N7O5. The first kappa shape index (κ1) is 34.5. The van der Waals surface area contributed by atoms with Crippen molar-refractivity contribution in [3.05, 3.63) is 53.6 Å². The number of carboxylic acid groups (broad SMARTS) is 1. The highest BCUT2D eigenvalue weighted by molar-refractivity contribution is 6.22. The maximum atomic E-state index is 12.9. The predicted molar refractivity (Wildman–Crippen MR) is 174 cm³/mol. The maximum Gasteiger partial charge on any atom is 0.422 e. The second-order valence-corrected chi connectivity index (χ2v) is 13.7. The molecule has 4 aliphatic rings. The molecule has 3 saturated carbocycles. The lowest BCUT2D eigenvalue weighted by Gasteiger charge is -2.25. The number of rotatable bonds is 15. The molecular weight excluding hydrogens is 667 g/mol. The van der Waals surface area contributed by atoms with Crippen molar-refractivity contribution < 1.29 is 37.4 Å². The Labute approximate surface area is 285 Å². The summed E-state index contributed by atoms with van der Waals surface area (Å²) in [6.45, 7) is 0.625. The Morgan fingerprint density at radius 3 is 2.43 bits per heavy atom. The molecule has 16 heteroatoms. The van der Waals surface area contributed by atoms with Crippen molar-refractivity contribution in [1.29, 1.82) is 0 Å². The summed E-state index contributed by atoms with van der Waals surface area (Å²) in [6.07, 6.45) is 5.70. The minimum atomic E-state index is -4.60. The van der Waals surface area contributed by atoms with Crippen LogP contribution in [0.5, 0.6) is 6.01 Å².